The molecule has 1 heteroatoms. The molecule has 0 bridgehead atoms. The highest BCUT2D eigenvalue weighted by atomic mass is 15.0. The van der Waals surface area contributed by atoms with E-state index in [2.05, 4.69) is 83.2 Å². The Balaban J connectivity index is 2.09. The maximum atomic E-state index is 3.18. The lowest BCUT2D eigenvalue weighted by atomic mass is 10.2. The van der Waals surface area contributed by atoms with Crippen molar-refractivity contribution in [3.8, 4) is 11.8 Å². The number of aromatic nitrogens is 1. The van der Waals surface area contributed by atoms with Crippen molar-refractivity contribution in [2.24, 2.45) is 0 Å². The van der Waals surface area contributed by atoms with Crippen molar-refractivity contribution < 1.29 is 0 Å². The van der Waals surface area contributed by atoms with Gasteiger partial charge in [0.1, 0.15) is 0 Å². The molecule has 3 aromatic rings. The Morgan fingerprint density at radius 1 is 0.762 bits per heavy atom. The average Bonchev–Trinajstić information content (AvgIpc) is 2.82. The van der Waals surface area contributed by atoms with Crippen LogP contribution in [0.3, 0.4) is 0 Å². The van der Waals surface area contributed by atoms with Crippen LogP contribution >= 0.6 is 0 Å². The molecule has 0 saturated carbocycles. The summed E-state index contributed by atoms with van der Waals surface area (Å²) in [7, 11) is 0. The number of rotatable bonds is 1. The third kappa shape index (κ3) is 1.97. The molecule has 0 spiro atoms. The molecule has 1 aliphatic rings. The van der Waals surface area contributed by atoms with Gasteiger partial charge in [-0.1, -0.05) is 54.3 Å². The summed E-state index contributed by atoms with van der Waals surface area (Å²) in [6.07, 6.45) is 8.17. The second-order valence-electron chi connectivity index (χ2n) is 5.16. The summed E-state index contributed by atoms with van der Waals surface area (Å²) in [5, 5.41) is 2.60. The first-order chi connectivity index (χ1) is 10.4. The average molecular weight is 269 g/mol. The molecule has 2 aromatic carbocycles. The lowest BCUT2D eigenvalue weighted by Gasteiger charge is -2.09. The Hall–Kier alpha value is -2.72. The van der Waals surface area contributed by atoms with Gasteiger partial charge in [-0.25, -0.2) is 0 Å². The standard InChI is InChI=1S/C20H15N/c1-2-4-10-16(11-5-3-1)21-19-14-8-6-12-17(19)18-13-7-9-15-20(18)21/h4,6-15H,2,5H2/b10-4-,16-11+. The molecule has 1 nitrogen and oxygen atoms in total. The summed E-state index contributed by atoms with van der Waals surface area (Å²) >= 11 is 0. The number of allylic oxidation sites excluding steroid dienone is 4. The first-order valence-corrected chi connectivity index (χ1v) is 7.26. The van der Waals surface area contributed by atoms with Crippen LogP contribution in [0.5, 0.6) is 0 Å². The second kappa shape index (κ2) is 5.00. The van der Waals surface area contributed by atoms with E-state index in [1.165, 1.54) is 27.5 Å². The van der Waals surface area contributed by atoms with Gasteiger partial charge in [-0.15, -0.1) is 0 Å². The van der Waals surface area contributed by atoms with E-state index in [9.17, 15) is 0 Å². The molecule has 0 unspecified atom stereocenters. The fourth-order valence-electron chi connectivity index (χ4n) is 2.97. The quantitative estimate of drug-likeness (QED) is 0.548. The van der Waals surface area contributed by atoms with E-state index in [1.807, 2.05) is 0 Å². The van der Waals surface area contributed by atoms with E-state index < -0.39 is 0 Å². The van der Waals surface area contributed by atoms with Crippen molar-refractivity contribution in [3.63, 3.8) is 0 Å². The Morgan fingerprint density at radius 2 is 1.38 bits per heavy atom. The molecule has 0 amide bonds. The van der Waals surface area contributed by atoms with Gasteiger partial charge in [-0.2, -0.15) is 0 Å². The summed E-state index contributed by atoms with van der Waals surface area (Å²) in [6, 6.07) is 17.2. The van der Waals surface area contributed by atoms with Gasteiger partial charge in [0.25, 0.3) is 0 Å². The molecule has 0 fully saturated rings. The molecule has 0 aliphatic heterocycles. The summed E-state index contributed by atoms with van der Waals surface area (Å²) in [4.78, 5) is 0. The number of fused-ring (bicyclic) bond motifs is 3. The van der Waals surface area contributed by atoms with Crippen molar-refractivity contribution in [2.45, 2.75) is 12.8 Å². The van der Waals surface area contributed by atoms with Crippen LogP contribution in [0, 0.1) is 11.8 Å². The largest absolute Gasteiger partial charge is 0.310 e. The van der Waals surface area contributed by atoms with E-state index >= 15 is 0 Å². The fourth-order valence-corrected chi connectivity index (χ4v) is 2.97. The molecule has 1 aliphatic carbocycles. The van der Waals surface area contributed by atoms with Gasteiger partial charge >= 0.3 is 0 Å². The predicted molar refractivity (Wildman–Crippen MR) is 89.9 cm³/mol. The Bertz CT molecular complexity index is 889. The zero-order chi connectivity index (χ0) is 14.1. The van der Waals surface area contributed by atoms with Crippen molar-refractivity contribution in [1.29, 1.82) is 0 Å². The number of nitrogens with zero attached hydrogens (tertiary/aromatic N) is 1. The Labute approximate surface area is 124 Å². The van der Waals surface area contributed by atoms with Crippen LogP contribution in [-0.4, -0.2) is 4.57 Å². The van der Waals surface area contributed by atoms with Gasteiger partial charge in [-0.05, 0) is 24.3 Å². The monoisotopic (exact) mass is 269 g/mol. The normalized spacial score (nSPS) is 18.4. The van der Waals surface area contributed by atoms with Crippen molar-refractivity contribution in [2.75, 3.05) is 0 Å². The Kier molecular flexibility index (Phi) is 2.87. The van der Waals surface area contributed by atoms with Crippen LogP contribution in [0.2, 0.25) is 0 Å². The lowest BCUT2D eigenvalue weighted by molar-refractivity contribution is 1.21. The van der Waals surface area contributed by atoms with Gasteiger partial charge in [0.05, 0.1) is 11.0 Å². The summed E-state index contributed by atoms with van der Waals surface area (Å²) in [5.74, 6) is 6.32. The molecule has 0 N–H and O–H groups in total. The first-order valence-electron chi connectivity index (χ1n) is 7.26. The molecule has 1 heterocycles. The lowest BCUT2D eigenvalue weighted by Crippen LogP contribution is -1.95. The van der Waals surface area contributed by atoms with Crippen LogP contribution in [0.15, 0.2) is 66.8 Å². The molecule has 4 rings (SSSR count). The van der Waals surface area contributed by atoms with E-state index in [-0.39, 0.29) is 0 Å². The molecule has 0 atom stereocenters. The van der Waals surface area contributed by atoms with Crippen LogP contribution in [0.1, 0.15) is 12.8 Å². The van der Waals surface area contributed by atoms with E-state index in [1.54, 1.807) is 0 Å². The number of hydrogen-bond acceptors (Lipinski definition) is 0. The molecule has 21 heavy (non-hydrogen) atoms. The molecule has 0 radical (unpaired) electrons. The molecule has 0 saturated heterocycles. The van der Waals surface area contributed by atoms with Gasteiger partial charge in [0, 0.05) is 29.3 Å². The zero-order valence-corrected chi connectivity index (χ0v) is 11.7. The van der Waals surface area contributed by atoms with E-state index in [0.717, 1.165) is 12.8 Å². The highest BCUT2D eigenvalue weighted by Gasteiger charge is 2.11. The smallest absolute Gasteiger partial charge is 0.0540 e. The summed E-state index contributed by atoms with van der Waals surface area (Å²) < 4.78 is 2.34. The van der Waals surface area contributed by atoms with Crippen LogP contribution in [0.4, 0.5) is 0 Å². The minimum atomic E-state index is 0.806. The van der Waals surface area contributed by atoms with Crippen LogP contribution < -0.4 is 0 Å². The minimum absolute atomic E-state index is 0.806. The number of para-hydroxylation sites is 2. The van der Waals surface area contributed by atoms with Gasteiger partial charge in [0.2, 0.25) is 0 Å². The van der Waals surface area contributed by atoms with Crippen LogP contribution in [0.25, 0.3) is 27.5 Å². The third-order valence-corrected chi connectivity index (χ3v) is 3.89. The molecule has 1 aromatic heterocycles. The molecular weight excluding hydrogens is 254 g/mol. The van der Waals surface area contributed by atoms with Gasteiger partial charge < -0.3 is 4.57 Å². The van der Waals surface area contributed by atoms with Crippen molar-refractivity contribution >= 4 is 27.5 Å². The highest BCUT2D eigenvalue weighted by molar-refractivity contribution is 6.10. The fraction of sp³-hybridized carbons (Fsp3) is 0.100. The summed E-state index contributed by atoms with van der Waals surface area (Å²) in [5.41, 5.74) is 3.72. The van der Waals surface area contributed by atoms with E-state index in [0.29, 0.717) is 0 Å². The number of hydrogen-bond donors (Lipinski definition) is 0. The summed E-state index contributed by atoms with van der Waals surface area (Å²) in [6.45, 7) is 0. The SMILES string of the molecule is C1#CC/C=C(n2c3ccccc3c3ccccc32)\C=C/C1. The maximum Gasteiger partial charge on any atom is 0.0540 e. The number of benzene rings is 2. The zero-order valence-electron chi connectivity index (χ0n) is 11.7. The first kappa shape index (κ1) is 12.1. The van der Waals surface area contributed by atoms with Gasteiger partial charge in [0.15, 0.2) is 0 Å². The third-order valence-electron chi connectivity index (χ3n) is 3.89. The minimum Gasteiger partial charge on any atom is -0.310 e. The Morgan fingerprint density at radius 3 is 2.10 bits per heavy atom. The van der Waals surface area contributed by atoms with Crippen molar-refractivity contribution in [3.05, 3.63) is 66.8 Å². The van der Waals surface area contributed by atoms with Crippen molar-refractivity contribution in [1.82, 2.24) is 4.57 Å². The predicted octanol–water partition coefficient (Wildman–Crippen LogP) is 4.99. The van der Waals surface area contributed by atoms with E-state index in [4.69, 9.17) is 0 Å². The maximum absolute atomic E-state index is 3.18. The topological polar surface area (TPSA) is 4.93 Å². The van der Waals surface area contributed by atoms with Gasteiger partial charge in [-0.3, -0.25) is 0 Å². The second-order valence-corrected chi connectivity index (χ2v) is 5.16. The molecule has 100 valence electrons. The molecular formula is C20H15N. The van der Waals surface area contributed by atoms with Crippen LogP contribution in [-0.2, 0) is 0 Å². The highest BCUT2D eigenvalue weighted by Crippen LogP contribution is 2.32.